The van der Waals surface area contributed by atoms with Gasteiger partial charge in [-0.2, -0.15) is 0 Å². The van der Waals surface area contributed by atoms with Crippen LogP contribution in [0.2, 0.25) is 0 Å². The standard InChI is InChI=1S/C22H37N3O5.C5H5.F6P.Fe/c1-3-22(4-2-21(1)24-7-5-23-6-8-24)25-9-11-26-13-15-28-17-19-30-20-18-29-16-14-27-12-10-25;1-2-4-5-3-1;1-7(2,3,4,5)6;/h1-4,23H,5-20H2;1-5H;;/q;;-1;+2. The predicted octanol–water partition coefficient (Wildman–Crippen LogP) is 5.40. The van der Waals surface area contributed by atoms with Crippen molar-refractivity contribution in [2.75, 3.05) is 115 Å². The minimum absolute atomic E-state index is 0. The van der Waals surface area contributed by atoms with E-state index in [-0.39, 0.29) is 17.1 Å². The molecule has 1 aromatic rings. The normalized spacial score (nSPS) is 22.1. The Morgan fingerprint density at radius 3 is 1.02 bits per heavy atom. The molecule has 0 aromatic heterocycles. The molecular weight excluding hydrogens is 647 g/mol. The first kappa shape index (κ1) is 40.1. The van der Waals surface area contributed by atoms with Gasteiger partial charge in [0.05, 0.1) is 66.1 Å². The summed E-state index contributed by atoms with van der Waals surface area (Å²) in [5.74, 6) is 0. The number of benzene rings is 1. The Morgan fingerprint density at radius 1 is 0.465 bits per heavy atom. The SMILES string of the molecule is F[P-](F)(F)(F)(F)F.[CH]1[CH][CH][CH][CH]1.[Fe+2].c1cc(N2CCOCCOCCOCCOCCOCC2)ccc1N1CCNCC1. The minimum atomic E-state index is -10.7. The fraction of sp³-hybridized carbons (Fsp3) is 0.593. The van der Waals surface area contributed by atoms with Crippen molar-refractivity contribution in [2.45, 2.75) is 0 Å². The molecule has 2 saturated heterocycles. The molecule has 4 rings (SSSR count). The van der Waals surface area contributed by atoms with Crippen molar-refractivity contribution >= 4 is 19.2 Å². The molecule has 2 aliphatic heterocycles. The summed E-state index contributed by atoms with van der Waals surface area (Å²) < 4.78 is 87.2. The summed E-state index contributed by atoms with van der Waals surface area (Å²) >= 11 is 0. The van der Waals surface area contributed by atoms with Crippen LogP contribution in [0.3, 0.4) is 0 Å². The second-order valence-corrected chi connectivity index (χ2v) is 11.1. The van der Waals surface area contributed by atoms with Crippen LogP contribution >= 0.6 is 7.81 Å². The van der Waals surface area contributed by atoms with E-state index in [2.05, 4.69) is 39.4 Å². The number of ether oxygens (including phenoxy) is 5. The number of rotatable bonds is 2. The molecule has 3 fully saturated rings. The Labute approximate surface area is 261 Å². The quantitative estimate of drug-likeness (QED) is 0.252. The molecule has 8 nitrogen and oxygen atoms in total. The first-order valence-electron chi connectivity index (χ1n) is 13.8. The molecule has 249 valence electrons. The number of halogens is 6. The smallest absolute Gasteiger partial charge is 0.377 e. The van der Waals surface area contributed by atoms with Crippen LogP contribution in [0.4, 0.5) is 36.6 Å². The molecule has 16 heteroatoms. The molecule has 0 bridgehead atoms. The minimum Gasteiger partial charge on any atom is -0.377 e. The van der Waals surface area contributed by atoms with Crippen LogP contribution in [-0.4, -0.2) is 105 Å². The van der Waals surface area contributed by atoms with Crippen molar-refractivity contribution in [3.8, 4) is 0 Å². The first-order valence-corrected chi connectivity index (χ1v) is 15.8. The maximum absolute atomic E-state index is 10.7. The van der Waals surface area contributed by atoms with Crippen molar-refractivity contribution in [2.24, 2.45) is 0 Å². The topological polar surface area (TPSA) is 64.7 Å². The van der Waals surface area contributed by atoms with Crippen LogP contribution in [0.5, 0.6) is 0 Å². The Balaban J connectivity index is 0.000000593. The van der Waals surface area contributed by atoms with E-state index in [1.807, 2.05) is 32.1 Å². The molecule has 1 N–H and O–H groups in total. The molecule has 0 spiro atoms. The van der Waals surface area contributed by atoms with Gasteiger partial charge in [0.15, 0.2) is 0 Å². The summed E-state index contributed by atoms with van der Waals surface area (Å²) in [6.07, 6.45) is 10.0. The van der Waals surface area contributed by atoms with Gasteiger partial charge in [0, 0.05) is 50.6 Å². The van der Waals surface area contributed by atoms with Gasteiger partial charge in [-0.3, -0.25) is 0 Å². The van der Waals surface area contributed by atoms with E-state index in [0.717, 1.165) is 39.3 Å². The van der Waals surface area contributed by atoms with Crippen molar-refractivity contribution in [3.05, 3.63) is 56.4 Å². The summed E-state index contributed by atoms with van der Waals surface area (Å²) in [6.45, 7) is 11.8. The Hall–Kier alpha value is -0.891. The zero-order chi connectivity index (χ0) is 30.6. The average Bonchev–Trinajstić information content (AvgIpc) is 3.53. The monoisotopic (exact) mass is 689 g/mol. The predicted molar refractivity (Wildman–Crippen MR) is 153 cm³/mol. The van der Waals surface area contributed by atoms with Crippen LogP contribution < -0.4 is 15.1 Å². The third-order valence-corrected chi connectivity index (χ3v) is 5.75. The largest absolute Gasteiger partial charge is 2.00 e. The van der Waals surface area contributed by atoms with Gasteiger partial charge in [0.1, 0.15) is 0 Å². The van der Waals surface area contributed by atoms with Crippen LogP contribution in [0, 0.1) is 32.1 Å². The summed E-state index contributed by atoms with van der Waals surface area (Å²) in [7, 11) is -10.7. The van der Waals surface area contributed by atoms with Crippen molar-refractivity contribution in [3.63, 3.8) is 0 Å². The van der Waals surface area contributed by atoms with E-state index >= 15 is 0 Å². The first-order chi connectivity index (χ1) is 19.9. The molecule has 0 atom stereocenters. The van der Waals surface area contributed by atoms with E-state index in [1.165, 1.54) is 11.4 Å². The summed E-state index contributed by atoms with van der Waals surface area (Å²) in [5.41, 5.74) is 2.48. The molecule has 0 unspecified atom stereocenters. The van der Waals surface area contributed by atoms with Crippen LogP contribution in [0.1, 0.15) is 0 Å². The number of nitrogens with one attached hydrogen (secondary N) is 1. The van der Waals surface area contributed by atoms with E-state index in [0.29, 0.717) is 66.1 Å². The molecule has 43 heavy (non-hydrogen) atoms. The molecule has 3 aliphatic rings. The fourth-order valence-electron chi connectivity index (χ4n) is 3.82. The summed E-state index contributed by atoms with van der Waals surface area (Å²) in [5, 5.41) is 3.40. The zero-order valence-electron chi connectivity index (χ0n) is 24.0. The number of nitrogens with zero attached hydrogens (tertiary/aromatic N) is 2. The van der Waals surface area contributed by atoms with E-state index < -0.39 is 7.81 Å². The number of hydrogen-bond donors (Lipinski definition) is 1. The van der Waals surface area contributed by atoms with Gasteiger partial charge in [-0.15, -0.1) is 0 Å². The van der Waals surface area contributed by atoms with Crippen molar-refractivity contribution in [1.29, 1.82) is 0 Å². The molecule has 0 amide bonds. The van der Waals surface area contributed by atoms with Gasteiger partial charge in [0.2, 0.25) is 0 Å². The molecule has 1 aromatic carbocycles. The van der Waals surface area contributed by atoms with Gasteiger partial charge < -0.3 is 38.8 Å². The molecular formula is C27H42F6FeN3O5P+. The van der Waals surface area contributed by atoms with Gasteiger partial charge in [-0.25, -0.2) is 0 Å². The zero-order valence-corrected chi connectivity index (χ0v) is 26.0. The number of hydrogen-bond acceptors (Lipinski definition) is 8. The Kier molecular flexibility index (Phi) is 18.9. The maximum atomic E-state index is 9.87. The van der Waals surface area contributed by atoms with Crippen molar-refractivity contribution in [1.82, 2.24) is 5.32 Å². The Morgan fingerprint density at radius 2 is 0.721 bits per heavy atom. The summed E-state index contributed by atoms with van der Waals surface area (Å²) in [6, 6.07) is 8.85. The molecule has 1 saturated carbocycles. The number of anilines is 2. The van der Waals surface area contributed by atoms with Crippen LogP contribution in [-0.2, 0) is 40.8 Å². The maximum Gasteiger partial charge on any atom is 2.00 e. The number of piperazine rings is 1. The van der Waals surface area contributed by atoms with Crippen LogP contribution in [0.25, 0.3) is 0 Å². The second-order valence-electron chi connectivity index (χ2n) is 9.22. The van der Waals surface area contributed by atoms with Gasteiger partial charge >= 0.3 is 50.1 Å². The van der Waals surface area contributed by atoms with E-state index in [1.54, 1.807) is 0 Å². The van der Waals surface area contributed by atoms with Gasteiger partial charge in [0.25, 0.3) is 0 Å². The van der Waals surface area contributed by atoms with Crippen LogP contribution in [0.15, 0.2) is 24.3 Å². The third-order valence-electron chi connectivity index (χ3n) is 5.75. The van der Waals surface area contributed by atoms with E-state index in [9.17, 15) is 25.2 Å². The average molecular weight is 689 g/mol. The van der Waals surface area contributed by atoms with Gasteiger partial charge in [-0.1, -0.05) is 0 Å². The molecule has 5 radical (unpaired) electrons. The molecule has 1 aliphatic carbocycles. The van der Waals surface area contributed by atoms with Crippen molar-refractivity contribution < 1.29 is 65.9 Å². The third kappa shape index (κ3) is 25.0. The second kappa shape index (κ2) is 20.3. The fourth-order valence-corrected chi connectivity index (χ4v) is 3.82. The van der Waals surface area contributed by atoms with Gasteiger partial charge in [-0.05, 0) is 56.4 Å². The summed E-state index contributed by atoms with van der Waals surface area (Å²) in [4.78, 5) is 4.75. The molecule has 2 heterocycles. The van der Waals surface area contributed by atoms with E-state index in [4.69, 9.17) is 23.7 Å². The Bertz CT molecular complexity index is 800.